The number of hydrogen-bond donors (Lipinski definition) is 2. The van der Waals surface area contributed by atoms with Crippen LogP contribution in [0.2, 0.25) is 5.02 Å². The van der Waals surface area contributed by atoms with E-state index < -0.39 is 0 Å². The number of nitrogens with two attached hydrogens (primary N) is 1. The standard InChI is InChI=1S/C17H20ClN3O2.HI/c1-22-16-9-8-13(12-15(16)18)21-17(19)20-10-5-11-23-14-6-3-2-4-7-14;/h2-4,6-9,12H,5,10-11H2,1H3,(H3,19,20,21);1H. The van der Waals surface area contributed by atoms with E-state index in [0.29, 0.717) is 29.9 Å². The van der Waals surface area contributed by atoms with Crippen LogP contribution in [0.3, 0.4) is 0 Å². The van der Waals surface area contributed by atoms with Crippen LogP contribution < -0.4 is 20.5 Å². The van der Waals surface area contributed by atoms with Gasteiger partial charge in [0.15, 0.2) is 5.96 Å². The number of benzene rings is 2. The summed E-state index contributed by atoms with van der Waals surface area (Å²) < 4.78 is 10.7. The van der Waals surface area contributed by atoms with Crippen molar-refractivity contribution in [3.05, 3.63) is 53.6 Å². The Morgan fingerprint density at radius 1 is 1.21 bits per heavy atom. The molecular weight excluding hydrogens is 441 g/mol. The molecule has 7 heteroatoms. The Hall–Kier alpha value is -1.67. The number of aliphatic imine (C=N–C) groups is 1. The Bertz CT molecular complexity index is 654. The van der Waals surface area contributed by atoms with Crippen molar-refractivity contribution in [1.82, 2.24) is 0 Å². The molecule has 0 radical (unpaired) electrons. The van der Waals surface area contributed by atoms with Gasteiger partial charge < -0.3 is 20.5 Å². The van der Waals surface area contributed by atoms with Gasteiger partial charge in [0.25, 0.3) is 0 Å². The number of rotatable bonds is 7. The second-order valence-electron chi connectivity index (χ2n) is 4.76. The van der Waals surface area contributed by atoms with E-state index in [1.165, 1.54) is 0 Å². The minimum Gasteiger partial charge on any atom is -0.495 e. The molecule has 0 unspecified atom stereocenters. The van der Waals surface area contributed by atoms with E-state index in [4.69, 9.17) is 26.8 Å². The normalized spacial score (nSPS) is 10.7. The van der Waals surface area contributed by atoms with Crippen molar-refractivity contribution >= 4 is 47.2 Å². The molecule has 0 fully saturated rings. The zero-order valence-electron chi connectivity index (χ0n) is 13.4. The second-order valence-corrected chi connectivity index (χ2v) is 5.16. The first-order valence-electron chi connectivity index (χ1n) is 7.27. The van der Waals surface area contributed by atoms with Crippen molar-refractivity contribution in [2.75, 3.05) is 25.6 Å². The summed E-state index contributed by atoms with van der Waals surface area (Å²) in [5.74, 6) is 1.81. The zero-order chi connectivity index (χ0) is 16.5. The van der Waals surface area contributed by atoms with Crippen LogP contribution in [0.1, 0.15) is 6.42 Å². The third kappa shape index (κ3) is 6.84. The van der Waals surface area contributed by atoms with Crippen molar-refractivity contribution < 1.29 is 9.47 Å². The fourth-order valence-corrected chi connectivity index (χ4v) is 2.16. The number of hydrogen-bond acceptors (Lipinski definition) is 3. The van der Waals surface area contributed by atoms with Crippen molar-refractivity contribution in [2.45, 2.75) is 6.42 Å². The minimum absolute atomic E-state index is 0. The minimum atomic E-state index is 0. The van der Waals surface area contributed by atoms with Crippen molar-refractivity contribution in [3.8, 4) is 11.5 Å². The van der Waals surface area contributed by atoms with Crippen LogP contribution >= 0.6 is 35.6 Å². The average Bonchev–Trinajstić information content (AvgIpc) is 2.56. The van der Waals surface area contributed by atoms with Crippen LogP contribution in [0.4, 0.5) is 5.69 Å². The van der Waals surface area contributed by atoms with Crippen LogP contribution in [0.25, 0.3) is 0 Å². The molecule has 0 saturated heterocycles. The van der Waals surface area contributed by atoms with E-state index in [1.807, 2.05) is 36.4 Å². The molecule has 0 saturated carbocycles. The third-order valence-corrected chi connectivity index (χ3v) is 3.32. The van der Waals surface area contributed by atoms with Crippen LogP contribution in [0.5, 0.6) is 11.5 Å². The first-order valence-corrected chi connectivity index (χ1v) is 7.65. The smallest absolute Gasteiger partial charge is 0.193 e. The Balaban J connectivity index is 0.00000288. The maximum Gasteiger partial charge on any atom is 0.193 e. The van der Waals surface area contributed by atoms with Gasteiger partial charge in [-0.1, -0.05) is 29.8 Å². The highest BCUT2D eigenvalue weighted by Gasteiger charge is 2.02. The fourth-order valence-electron chi connectivity index (χ4n) is 1.90. The SMILES string of the molecule is COc1ccc(NC(N)=NCCCOc2ccccc2)cc1Cl.I. The van der Waals surface area contributed by atoms with E-state index in [0.717, 1.165) is 17.9 Å². The molecule has 0 aliphatic rings. The Labute approximate surface area is 164 Å². The molecule has 130 valence electrons. The first kappa shape index (κ1) is 20.4. The van der Waals surface area contributed by atoms with Gasteiger partial charge in [-0.15, -0.1) is 24.0 Å². The summed E-state index contributed by atoms with van der Waals surface area (Å²) in [6, 6.07) is 15.0. The summed E-state index contributed by atoms with van der Waals surface area (Å²) in [6.45, 7) is 1.17. The molecule has 3 N–H and O–H groups in total. The zero-order valence-corrected chi connectivity index (χ0v) is 16.5. The Morgan fingerprint density at radius 2 is 1.96 bits per heavy atom. The predicted octanol–water partition coefficient (Wildman–Crippen LogP) is 4.16. The Morgan fingerprint density at radius 3 is 2.62 bits per heavy atom. The molecule has 0 aromatic heterocycles. The molecule has 2 aromatic carbocycles. The van der Waals surface area contributed by atoms with E-state index in [9.17, 15) is 0 Å². The van der Waals surface area contributed by atoms with E-state index >= 15 is 0 Å². The molecule has 2 rings (SSSR count). The quantitative estimate of drug-likeness (QED) is 0.281. The number of guanidine groups is 1. The summed E-state index contributed by atoms with van der Waals surface area (Å²) in [4.78, 5) is 4.25. The highest BCUT2D eigenvalue weighted by molar-refractivity contribution is 14.0. The number of ether oxygens (including phenoxy) is 2. The van der Waals surface area contributed by atoms with Crippen LogP contribution in [-0.2, 0) is 0 Å². The van der Waals surface area contributed by atoms with Crippen molar-refractivity contribution in [3.63, 3.8) is 0 Å². The van der Waals surface area contributed by atoms with Gasteiger partial charge in [-0.2, -0.15) is 0 Å². The molecule has 0 amide bonds. The molecule has 0 aliphatic heterocycles. The van der Waals surface area contributed by atoms with Gasteiger partial charge in [0.05, 0.1) is 18.7 Å². The third-order valence-electron chi connectivity index (χ3n) is 3.02. The number of nitrogens with one attached hydrogen (secondary N) is 1. The largest absolute Gasteiger partial charge is 0.495 e. The van der Waals surface area contributed by atoms with Gasteiger partial charge in [-0.05, 0) is 30.3 Å². The molecule has 5 nitrogen and oxygen atoms in total. The summed E-state index contributed by atoms with van der Waals surface area (Å²) in [7, 11) is 1.57. The molecule has 0 heterocycles. The predicted molar refractivity (Wildman–Crippen MR) is 110 cm³/mol. The van der Waals surface area contributed by atoms with Crippen LogP contribution in [0.15, 0.2) is 53.5 Å². The summed E-state index contributed by atoms with van der Waals surface area (Å²) in [5, 5.41) is 3.50. The van der Waals surface area contributed by atoms with Gasteiger partial charge in [-0.25, -0.2) is 0 Å². The summed E-state index contributed by atoms with van der Waals surface area (Å²) >= 11 is 6.05. The molecule has 0 spiro atoms. The number of anilines is 1. The highest BCUT2D eigenvalue weighted by Crippen LogP contribution is 2.26. The van der Waals surface area contributed by atoms with Gasteiger partial charge in [0.1, 0.15) is 11.5 Å². The second kappa shape index (κ2) is 11.0. The van der Waals surface area contributed by atoms with Gasteiger partial charge >= 0.3 is 0 Å². The summed E-state index contributed by atoms with van der Waals surface area (Å²) in [6.07, 6.45) is 0.778. The number of para-hydroxylation sites is 1. The summed E-state index contributed by atoms with van der Waals surface area (Å²) in [5.41, 5.74) is 6.61. The fraction of sp³-hybridized carbons (Fsp3) is 0.235. The lowest BCUT2D eigenvalue weighted by Gasteiger charge is -2.08. The van der Waals surface area contributed by atoms with Crippen LogP contribution in [-0.4, -0.2) is 26.2 Å². The topological polar surface area (TPSA) is 68.9 Å². The molecule has 24 heavy (non-hydrogen) atoms. The lowest BCUT2D eigenvalue weighted by Crippen LogP contribution is -2.23. The maximum absolute atomic E-state index is 6.05. The van der Waals surface area contributed by atoms with Crippen LogP contribution in [0, 0.1) is 0 Å². The monoisotopic (exact) mass is 461 g/mol. The Kier molecular flexibility index (Phi) is 9.33. The highest BCUT2D eigenvalue weighted by atomic mass is 127. The lowest BCUT2D eigenvalue weighted by atomic mass is 10.3. The average molecular weight is 462 g/mol. The van der Waals surface area contributed by atoms with Crippen molar-refractivity contribution in [1.29, 1.82) is 0 Å². The van der Waals surface area contributed by atoms with Gasteiger partial charge in [-0.3, -0.25) is 4.99 Å². The number of methoxy groups -OCH3 is 1. The van der Waals surface area contributed by atoms with E-state index in [2.05, 4.69) is 10.3 Å². The number of nitrogens with zero attached hydrogens (tertiary/aromatic N) is 1. The van der Waals surface area contributed by atoms with Crippen molar-refractivity contribution in [2.24, 2.45) is 10.7 Å². The van der Waals surface area contributed by atoms with E-state index in [-0.39, 0.29) is 24.0 Å². The molecule has 0 aliphatic carbocycles. The molecule has 0 bridgehead atoms. The first-order chi connectivity index (χ1) is 11.2. The van der Waals surface area contributed by atoms with E-state index in [1.54, 1.807) is 19.2 Å². The molecule has 2 aromatic rings. The van der Waals surface area contributed by atoms with Gasteiger partial charge in [0.2, 0.25) is 0 Å². The van der Waals surface area contributed by atoms with Gasteiger partial charge in [0, 0.05) is 18.7 Å². The molecule has 0 atom stereocenters. The molecular formula is C17H21ClIN3O2. The lowest BCUT2D eigenvalue weighted by molar-refractivity contribution is 0.313. The number of halogens is 2. The maximum atomic E-state index is 6.05.